The van der Waals surface area contributed by atoms with Crippen LogP contribution in [0.4, 0.5) is 5.82 Å². The van der Waals surface area contributed by atoms with Crippen LogP contribution in [0.15, 0.2) is 42.7 Å². The Bertz CT molecular complexity index is 1660. The lowest BCUT2D eigenvalue weighted by molar-refractivity contribution is -0.0651. The number of nitrogens with two attached hydrogens (primary N) is 1. The summed E-state index contributed by atoms with van der Waals surface area (Å²) in [5.74, 6) is 0.481. The first-order valence-corrected chi connectivity index (χ1v) is 21.6. The first-order chi connectivity index (χ1) is 26.6. The summed E-state index contributed by atoms with van der Waals surface area (Å²) < 4.78 is 42.4. The van der Waals surface area contributed by atoms with Gasteiger partial charge in [-0.3, -0.25) is 9.05 Å². The van der Waals surface area contributed by atoms with Gasteiger partial charge in [-0.2, -0.15) is 10.4 Å². The van der Waals surface area contributed by atoms with Gasteiger partial charge in [-0.1, -0.05) is 127 Å². The number of ether oxygens (including phenoxy) is 3. The maximum atomic E-state index is 13.0. The maximum Gasteiger partial charge on any atom is 0.472 e. The smallest absolute Gasteiger partial charge is 0.472 e. The summed E-state index contributed by atoms with van der Waals surface area (Å²) in [5, 5.41) is 36.3. The number of rotatable bonds is 28. The highest BCUT2D eigenvalue weighted by Crippen LogP contribution is 2.46. The van der Waals surface area contributed by atoms with E-state index in [1.807, 2.05) is 6.07 Å². The molecular formula is C39H59ClN5O9P. The Morgan fingerprint density at radius 2 is 1.56 bits per heavy atom. The number of aromatic nitrogens is 3. The Morgan fingerprint density at radius 1 is 0.945 bits per heavy atom. The molecule has 5 N–H and O–H groups in total. The third kappa shape index (κ3) is 13.7. The van der Waals surface area contributed by atoms with Crippen LogP contribution < -0.4 is 10.5 Å². The van der Waals surface area contributed by atoms with Gasteiger partial charge in [0.05, 0.1) is 30.5 Å². The van der Waals surface area contributed by atoms with Gasteiger partial charge in [-0.25, -0.2) is 14.1 Å². The second-order valence-electron chi connectivity index (χ2n) is 14.2. The topological polar surface area (TPSA) is 204 Å². The summed E-state index contributed by atoms with van der Waals surface area (Å²) >= 11 is 6.30. The molecule has 6 atom stereocenters. The quantitative estimate of drug-likeness (QED) is 0.0411. The van der Waals surface area contributed by atoms with Gasteiger partial charge in [0, 0.05) is 6.61 Å². The van der Waals surface area contributed by atoms with E-state index in [1.54, 1.807) is 24.3 Å². The van der Waals surface area contributed by atoms with Gasteiger partial charge in [-0.15, -0.1) is 0 Å². The van der Waals surface area contributed by atoms with Gasteiger partial charge in [0.15, 0.2) is 5.82 Å². The zero-order chi connectivity index (χ0) is 39.5. The number of aliphatic hydroxyl groups excluding tert-OH is 2. The maximum absolute atomic E-state index is 13.0. The predicted molar refractivity (Wildman–Crippen MR) is 210 cm³/mol. The summed E-state index contributed by atoms with van der Waals surface area (Å²) in [6.45, 7) is 1.72. The van der Waals surface area contributed by atoms with Gasteiger partial charge in [0.1, 0.15) is 48.1 Å². The van der Waals surface area contributed by atoms with Crippen LogP contribution >= 0.6 is 19.4 Å². The number of benzene rings is 1. The second kappa shape index (κ2) is 23.4. The molecule has 55 heavy (non-hydrogen) atoms. The number of hydrogen-bond acceptors (Lipinski definition) is 12. The van der Waals surface area contributed by atoms with E-state index in [0.717, 1.165) is 19.3 Å². The molecule has 1 fully saturated rings. The fourth-order valence-corrected chi connectivity index (χ4v) is 7.68. The van der Waals surface area contributed by atoms with Crippen molar-refractivity contribution in [3.8, 4) is 11.8 Å². The van der Waals surface area contributed by atoms with E-state index in [-0.39, 0.29) is 18.1 Å². The molecule has 1 saturated heterocycles. The highest BCUT2D eigenvalue weighted by atomic mass is 35.5. The number of halogens is 1. The molecule has 3 heterocycles. The van der Waals surface area contributed by atoms with Gasteiger partial charge >= 0.3 is 7.82 Å². The molecule has 0 amide bonds. The molecule has 1 unspecified atom stereocenters. The normalized spacial score (nSPS) is 21.4. The minimum Gasteiger partial charge on any atom is -0.484 e. The fourth-order valence-electron chi connectivity index (χ4n) is 6.74. The third-order valence-corrected chi connectivity index (χ3v) is 11.2. The van der Waals surface area contributed by atoms with Crippen molar-refractivity contribution in [1.82, 2.24) is 14.6 Å². The number of nitrogens with zero attached hydrogens (tertiary/aromatic N) is 4. The van der Waals surface area contributed by atoms with E-state index in [9.17, 15) is 24.9 Å². The molecule has 0 saturated carbocycles. The summed E-state index contributed by atoms with van der Waals surface area (Å²) in [6.07, 6.45) is 16.0. The molecule has 1 aliphatic rings. The number of hydrogen-bond donors (Lipinski definition) is 4. The van der Waals surface area contributed by atoms with Gasteiger partial charge < -0.3 is 35.1 Å². The molecule has 306 valence electrons. The molecule has 3 aromatic rings. The minimum absolute atomic E-state index is 0.0602. The monoisotopic (exact) mass is 807 g/mol. The molecule has 4 rings (SSSR count). The van der Waals surface area contributed by atoms with Crippen molar-refractivity contribution in [2.45, 2.75) is 140 Å². The molecule has 0 radical (unpaired) electrons. The van der Waals surface area contributed by atoms with E-state index < -0.39 is 51.1 Å². The van der Waals surface area contributed by atoms with Crippen LogP contribution in [0.2, 0.25) is 5.02 Å². The van der Waals surface area contributed by atoms with Crippen molar-refractivity contribution in [2.24, 2.45) is 0 Å². The van der Waals surface area contributed by atoms with E-state index in [4.69, 9.17) is 40.6 Å². The summed E-state index contributed by atoms with van der Waals surface area (Å²) in [4.78, 5) is 14.5. The summed E-state index contributed by atoms with van der Waals surface area (Å²) in [7, 11) is -4.76. The zero-order valence-electron chi connectivity index (χ0n) is 32.0. The molecule has 16 heteroatoms. The Hall–Kier alpha value is -2.83. The van der Waals surface area contributed by atoms with Gasteiger partial charge in [0.25, 0.3) is 0 Å². The zero-order valence-corrected chi connectivity index (χ0v) is 33.6. The average Bonchev–Trinajstić information content (AvgIpc) is 3.72. The molecule has 2 aromatic heterocycles. The number of phosphoric acid groups is 1. The Labute approximate surface area is 329 Å². The molecule has 0 spiro atoms. The van der Waals surface area contributed by atoms with Gasteiger partial charge in [-0.05, 0) is 30.7 Å². The largest absolute Gasteiger partial charge is 0.484 e. The van der Waals surface area contributed by atoms with Crippen LogP contribution in [0, 0.1) is 11.3 Å². The number of fused-ring (bicyclic) bond motifs is 1. The number of aliphatic hydroxyl groups is 2. The van der Waals surface area contributed by atoms with Crippen molar-refractivity contribution in [1.29, 1.82) is 5.26 Å². The predicted octanol–water partition coefficient (Wildman–Crippen LogP) is 7.66. The van der Waals surface area contributed by atoms with Crippen LogP contribution in [0.25, 0.3) is 5.52 Å². The molecule has 14 nitrogen and oxygen atoms in total. The average molecular weight is 808 g/mol. The first kappa shape index (κ1) is 44.9. The molecule has 1 aromatic carbocycles. The van der Waals surface area contributed by atoms with Gasteiger partial charge in [0.2, 0.25) is 5.60 Å². The van der Waals surface area contributed by atoms with E-state index in [1.165, 1.54) is 106 Å². The number of nitrogen functional groups attached to an aromatic ring is 1. The first-order valence-electron chi connectivity index (χ1n) is 19.8. The number of para-hydroxylation sites is 1. The standard InChI is InChI=1S/C39H59ClN5O9P/c1-2-3-4-5-6-7-8-9-10-11-12-13-14-15-16-19-24-50-25-30(53-33-21-18-17-20-31(33)40)26-51-55(48,49)52-27-34-36(46)37(47)39(28-41,54-34)35-23-22-32-38(42)43-29-44-45(32)35/h17-18,20-23,29-30,34,36-37,46-47H,2-16,19,24-27H2,1H3,(H,48,49)(H2,42,43,44)/t30-,34-,36-,37-,39+/m1/s1. The number of phosphoric ester groups is 1. The number of unbranched alkanes of at least 4 members (excludes halogenated alkanes) is 15. The molecular weight excluding hydrogens is 749 g/mol. The van der Waals surface area contributed by atoms with E-state index >= 15 is 0 Å². The lowest BCUT2D eigenvalue weighted by Gasteiger charge is -2.24. The molecule has 0 aliphatic carbocycles. The van der Waals surface area contributed by atoms with Crippen LogP contribution in [0.5, 0.6) is 5.75 Å². The Morgan fingerprint density at radius 3 is 2.18 bits per heavy atom. The van der Waals surface area contributed by atoms with Crippen LogP contribution in [0.3, 0.4) is 0 Å². The third-order valence-electron chi connectivity index (χ3n) is 9.89. The van der Waals surface area contributed by atoms with Crippen molar-refractivity contribution in [3.63, 3.8) is 0 Å². The van der Waals surface area contributed by atoms with Crippen LogP contribution in [0.1, 0.15) is 115 Å². The fraction of sp³-hybridized carbons (Fsp3) is 0.667. The molecule has 1 aliphatic heterocycles. The molecule has 0 bridgehead atoms. The highest BCUT2D eigenvalue weighted by molar-refractivity contribution is 7.47. The number of nitriles is 1. The Balaban J connectivity index is 1.17. The number of anilines is 1. The van der Waals surface area contributed by atoms with Crippen molar-refractivity contribution >= 4 is 30.8 Å². The summed E-state index contributed by atoms with van der Waals surface area (Å²) in [6, 6.07) is 11.7. The van der Waals surface area contributed by atoms with E-state index in [0.29, 0.717) is 22.9 Å². The Kier molecular flexibility index (Phi) is 19.1. The second-order valence-corrected chi connectivity index (χ2v) is 16.1. The lowest BCUT2D eigenvalue weighted by atomic mass is 9.92. The van der Waals surface area contributed by atoms with E-state index in [2.05, 4.69) is 17.0 Å². The lowest BCUT2D eigenvalue weighted by Crippen LogP contribution is -2.41. The van der Waals surface area contributed by atoms with Crippen molar-refractivity contribution < 1.29 is 42.9 Å². The SMILES string of the molecule is CCCCCCCCCCCCCCCCCCOC[C@H](COP(=O)(O)OC[C@H]1O[C@@](C#N)(c2ccc3c(N)ncnn23)[C@H](O)[C@@H]1O)Oc1ccccc1Cl. The van der Waals surface area contributed by atoms with Crippen LogP contribution in [-0.4, -0.2) is 80.5 Å². The highest BCUT2D eigenvalue weighted by Gasteiger charge is 2.58. The van der Waals surface area contributed by atoms with Crippen LogP contribution in [-0.2, 0) is 28.7 Å². The van der Waals surface area contributed by atoms with Crippen molar-refractivity contribution in [3.05, 3.63) is 53.4 Å². The minimum atomic E-state index is -4.76. The summed E-state index contributed by atoms with van der Waals surface area (Å²) in [5.41, 5.74) is 4.24. The van der Waals surface area contributed by atoms with Crippen molar-refractivity contribution in [2.75, 3.05) is 32.2 Å².